The Labute approximate surface area is 166 Å². The normalized spacial score (nSPS) is 10.5. The van der Waals surface area contributed by atoms with Crippen molar-refractivity contribution in [2.45, 2.75) is 13.3 Å². The van der Waals surface area contributed by atoms with Crippen LogP contribution in [0.1, 0.15) is 22.8 Å². The van der Waals surface area contributed by atoms with Gasteiger partial charge < -0.3 is 14.8 Å². The molecule has 0 unspecified atom stereocenters. The predicted octanol–water partition coefficient (Wildman–Crippen LogP) is 4.00. The van der Waals surface area contributed by atoms with Gasteiger partial charge in [-0.1, -0.05) is 30.4 Å². The Kier molecular flexibility index (Phi) is 5.88. The molecule has 0 radical (unpaired) electrons. The van der Waals surface area contributed by atoms with Crippen LogP contribution in [-0.2, 0) is 6.42 Å². The van der Waals surface area contributed by atoms with Crippen LogP contribution in [0.3, 0.4) is 0 Å². The standard InChI is InChI=1S/C19H19N3O3S2/c1-4-11-5-7-12(8-6-11)17(23)21-18(26)22-19-20-16-14(25-3)9-13(24-2)10-15(16)27-19/h5-10H,4H2,1-3H3,(H2,20,21,22,23,26). The zero-order chi connectivity index (χ0) is 19.4. The lowest BCUT2D eigenvalue weighted by atomic mass is 10.1. The molecular formula is C19H19N3O3S2. The Hall–Kier alpha value is -2.71. The summed E-state index contributed by atoms with van der Waals surface area (Å²) in [5.74, 6) is 1.02. The molecule has 0 aliphatic rings. The lowest BCUT2D eigenvalue weighted by Crippen LogP contribution is -2.34. The fourth-order valence-electron chi connectivity index (χ4n) is 2.50. The first kappa shape index (κ1) is 19.1. The van der Waals surface area contributed by atoms with Gasteiger partial charge in [-0.15, -0.1) is 0 Å². The number of thiazole rings is 1. The topological polar surface area (TPSA) is 72.5 Å². The molecule has 2 aromatic carbocycles. The van der Waals surface area contributed by atoms with Crippen LogP contribution in [0.15, 0.2) is 36.4 Å². The van der Waals surface area contributed by atoms with Crippen LogP contribution in [0, 0.1) is 0 Å². The molecule has 8 heteroatoms. The minimum Gasteiger partial charge on any atom is -0.497 e. The van der Waals surface area contributed by atoms with E-state index in [9.17, 15) is 4.79 Å². The molecule has 0 aliphatic heterocycles. The SMILES string of the molecule is CCc1ccc(C(=O)NC(=S)Nc2nc3c(OC)cc(OC)cc3s2)cc1. The van der Waals surface area contributed by atoms with Crippen molar-refractivity contribution in [2.24, 2.45) is 0 Å². The first-order chi connectivity index (χ1) is 13.0. The molecule has 1 amide bonds. The minimum absolute atomic E-state index is 0.185. The second-order valence-corrected chi connectivity index (χ2v) is 7.09. The predicted molar refractivity (Wildman–Crippen MR) is 112 cm³/mol. The van der Waals surface area contributed by atoms with Gasteiger partial charge in [-0.05, 0) is 42.4 Å². The third-order valence-electron chi connectivity index (χ3n) is 3.96. The maximum atomic E-state index is 12.3. The highest BCUT2D eigenvalue weighted by Gasteiger charge is 2.13. The maximum Gasteiger partial charge on any atom is 0.257 e. The van der Waals surface area contributed by atoms with Gasteiger partial charge in [0, 0.05) is 11.6 Å². The van der Waals surface area contributed by atoms with Gasteiger partial charge in [-0.2, -0.15) is 0 Å². The zero-order valence-corrected chi connectivity index (χ0v) is 16.8. The molecule has 6 nitrogen and oxygen atoms in total. The van der Waals surface area contributed by atoms with Gasteiger partial charge in [0.25, 0.3) is 5.91 Å². The average Bonchev–Trinajstić information content (AvgIpc) is 3.08. The summed E-state index contributed by atoms with van der Waals surface area (Å²) in [7, 11) is 3.17. The first-order valence-electron chi connectivity index (χ1n) is 8.28. The fraction of sp³-hybridized carbons (Fsp3) is 0.211. The number of thiocarbonyl (C=S) groups is 1. The van der Waals surface area contributed by atoms with Gasteiger partial charge in [0.1, 0.15) is 17.0 Å². The number of nitrogens with zero attached hydrogens (tertiary/aromatic N) is 1. The van der Waals surface area contributed by atoms with E-state index in [-0.39, 0.29) is 11.0 Å². The number of methoxy groups -OCH3 is 2. The molecule has 3 aromatic rings. The van der Waals surface area contributed by atoms with Crippen molar-refractivity contribution >= 4 is 49.9 Å². The molecule has 140 valence electrons. The largest absolute Gasteiger partial charge is 0.497 e. The number of hydrogen-bond acceptors (Lipinski definition) is 6. The van der Waals surface area contributed by atoms with Crippen LogP contribution < -0.4 is 20.1 Å². The van der Waals surface area contributed by atoms with Crippen molar-refractivity contribution < 1.29 is 14.3 Å². The Morgan fingerprint density at radius 2 is 1.93 bits per heavy atom. The van der Waals surface area contributed by atoms with Crippen molar-refractivity contribution in [3.8, 4) is 11.5 Å². The Morgan fingerprint density at radius 3 is 2.56 bits per heavy atom. The maximum absolute atomic E-state index is 12.3. The number of fused-ring (bicyclic) bond motifs is 1. The van der Waals surface area contributed by atoms with E-state index < -0.39 is 0 Å². The van der Waals surface area contributed by atoms with Crippen LogP contribution in [0.5, 0.6) is 11.5 Å². The van der Waals surface area contributed by atoms with Crippen LogP contribution >= 0.6 is 23.6 Å². The van der Waals surface area contributed by atoms with Crippen molar-refractivity contribution in [3.05, 3.63) is 47.5 Å². The number of ether oxygens (including phenoxy) is 2. The molecule has 1 heterocycles. The molecule has 3 rings (SSSR count). The summed E-state index contributed by atoms with van der Waals surface area (Å²) in [6, 6.07) is 11.1. The fourth-order valence-corrected chi connectivity index (χ4v) is 3.67. The van der Waals surface area contributed by atoms with Gasteiger partial charge in [-0.25, -0.2) is 4.98 Å². The summed E-state index contributed by atoms with van der Waals surface area (Å²) in [5.41, 5.74) is 2.42. The van der Waals surface area contributed by atoms with E-state index in [2.05, 4.69) is 22.5 Å². The summed E-state index contributed by atoms with van der Waals surface area (Å²) >= 11 is 6.63. The number of carbonyl (C=O) groups is 1. The van der Waals surface area contributed by atoms with Crippen LogP contribution in [0.25, 0.3) is 10.2 Å². The quantitative estimate of drug-likeness (QED) is 0.630. The van der Waals surface area contributed by atoms with E-state index in [1.54, 1.807) is 32.4 Å². The number of hydrogen-bond donors (Lipinski definition) is 2. The molecule has 0 bridgehead atoms. The minimum atomic E-state index is -0.268. The molecule has 0 spiro atoms. The summed E-state index contributed by atoms with van der Waals surface area (Å²) < 4.78 is 11.5. The number of aromatic nitrogens is 1. The summed E-state index contributed by atoms with van der Waals surface area (Å²) in [6.07, 6.45) is 0.924. The lowest BCUT2D eigenvalue weighted by Gasteiger charge is -2.07. The lowest BCUT2D eigenvalue weighted by molar-refractivity contribution is 0.0977. The first-order valence-corrected chi connectivity index (χ1v) is 9.50. The summed E-state index contributed by atoms with van der Waals surface area (Å²) in [4.78, 5) is 16.8. The number of rotatable bonds is 5. The van der Waals surface area contributed by atoms with Crippen LogP contribution in [-0.4, -0.2) is 30.2 Å². The smallest absolute Gasteiger partial charge is 0.257 e. The van der Waals surface area contributed by atoms with Gasteiger partial charge in [-0.3, -0.25) is 10.1 Å². The Bertz CT molecular complexity index is 984. The highest BCUT2D eigenvalue weighted by molar-refractivity contribution is 7.80. The van der Waals surface area contributed by atoms with E-state index in [1.165, 1.54) is 16.9 Å². The van der Waals surface area contributed by atoms with E-state index in [1.807, 2.05) is 18.2 Å². The third kappa shape index (κ3) is 4.35. The molecule has 0 saturated carbocycles. The van der Waals surface area contributed by atoms with Gasteiger partial charge in [0.2, 0.25) is 0 Å². The van der Waals surface area contributed by atoms with Crippen molar-refractivity contribution in [2.75, 3.05) is 19.5 Å². The van der Waals surface area contributed by atoms with Crippen LogP contribution in [0.4, 0.5) is 5.13 Å². The average molecular weight is 402 g/mol. The van der Waals surface area contributed by atoms with E-state index in [4.69, 9.17) is 21.7 Å². The monoisotopic (exact) mass is 401 g/mol. The van der Waals surface area contributed by atoms with Crippen molar-refractivity contribution in [1.29, 1.82) is 0 Å². The molecule has 2 N–H and O–H groups in total. The van der Waals surface area contributed by atoms with Gasteiger partial charge >= 0.3 is 0 Å². The van der Waals surface area contributed by atoms with E-state index in [0.29, 0.717) is 27.7 Å². The van der Waals surface area contributed by atoms with E-state index in [0.717, 1.165) is 11.1 Å². The number of benzene rings is 2. The molecule has 0 saturated heterocycles. The number of nitrogens with one attached hydrogen (secondary N) is 2. The number of amides is 1. The summed E-state index contributed by atoms with van der Waals surface area (Å²) in [5, 5.41) is 6.37. The molecule has 0 aliphatic carbocycles. The number of aryl methyl sites for hydroxylation is 1. The van der Waals surface area contributed by atoms with Gasteiger partial charge in [0.05, 0.1) is 18.9 Å². The second kappa shape index (κ2) is 8.32. The highest BCUT2D eigenvalue weighted by atomic mass is 32.1. The Morgan fingerprint density at radius 1 is 1.19 bits per heavy atom. The van der Waals surface area contributed by atoms with Crippen LogP contribution in [0.2, 0.25) is 0 Å². The third-order valence-corrected chi connectivity index (χ3v) is 5.08. The molecule has 0 atom stereocenters. The number of carbonyl (C=O) groups excluding carboxylic acids is 1. The van der Waals surface area contributed by atoms with Gasteiger partial charge in [0.15, 0.2) is 10.2 Å². The van der Waals surface area contributed by atoms with Crippen molar-refractivity contribution in [1.82, 2.24) is 10.3 Å². The second-order valence-electron chi connectivity index (χ2n) is 5.65. The Balaban J connectivity index is 1.72. The molecule has 1 aromatic heterocycles. The molecule has 27 heavy (non-hydrogen) atoms. The summed E-state index contributed by atoms with van der Waals surface area (Å²) in [6.45, 7) is 2.07. The van der Waals surface area contributed by atoms with E-state index >= 15 is 0 Å². The molecule has 0 fully saturated rings. The van der Waals surface area contributed by atoms with Crippen molar-refractivity contribution in [3.63, 3.8) is 0 Å². The number of anilines is 1. The highest BCUT2D eigenvalue weighted by Crippen LogP contribution is 2.36. The zero-order valence-electron chi connectivity index (χ0n) is 15.2. The molecular weight excluding hydrogens is 382 g/mol.